The van der Waals surface area contributed by atoms with Crippen LogP contribution < -0.4 is 9.47 Å². The molecule has 5 N–H and O–H groups in total. The number of aliphatic hydroxyl groups is 2. The first kappa shape index (κ1) is 25.4. The van der Waals surface area contributed by atoms with Crippen LogP contribution in [0.5, 0.6) is 28.7 Å². The lowest BCUT2D eigenvalue weighted by Gasteiger charge is -2.30. The summed E-state index contributed by atoms with van der Waals surface area (Å²) < 4.78 is 11.4. The van der Waals surface area contributed by atoms with E-state index in [4.69, 9.17) is 9.47 Å². The first-order chi connectivity index (χ1) is 15.8. The van der Waals surface area contributed by atoms with Gasteiger partial charge in [0.2, 0.25) is 0 Å². The highest BCUT2D eigenvalue weighted by atomic mass is 16.5. The van der Waals surface area contributed by atoms with E-state index in [0.717, 1.165) is 5.57 Å². The van der Waals surface area contributed by atoms with Crippen molar-refractivity contribution in [1.29, 1.82) is 0 Å². The Balaban J connectivity index is 1.98. The fourth-order valence-electron chi connectivity index (χ4n) is 4.11. The standard InChI is InChI=1S/C26H32O8/c1-13(2)14(9-23(30)26(3,4)32)8-17-20(33-5)12-22-24(25(17)31)19(29)11-21(34-22)16-7-6-15(27)10-18(16)28/h6-7,10,12,14,21,23,27-28,30-32H,1,8-9,11H2,2-5H3. The van der Waals surface area contributed by atoms with Crippen molar-refractivity contribution in [2.75, 3.05) is 7.11 Å². The summed E-state index contributed by atoms with van der Waals surface area (Å²) in [4.78, 5) is 13.0. The lowest BCUT2D eigenvalue weighted by molar-refractivity contribution is -0.0563. The van der Waals surface area contributed by atoms with Crippen LogP contribution in [0.1, 0.15) is 61.2 Å². The van der Waals surface area contributed by atoms with Gasteiger partial charge in [-0.2, -0.15) is 0 Å². The molecule has 0 amide bonds. The molecule has 0 aromatic heterocycles. The first-order valence-corrected chi connectivity index (χ1v) is 11.0. The summed E-state index contributed by atoms with van der Waals surface area (Å²) in [5.74, 6) is -0.849. The van der Waals surface area contributed by atoms with Gasteiger partial charge in [0, 0.05) is 23.3 Å². The maximum atomic E-state index is 13.0. The third-order valence-corrected chi connectivity index (χ3v) is 6.30. The molecule has 0 saturated heterocycles. The van der Waals surface area contributed by atoms with Crippen LogP contribution in [0.3, 0.4) is 0 Å². The molecule has 1 heterocycles. The van der Waals surface area contributed by atoms with Crippen LogP contribution >= 0.6 is 0 Å². The number of Topliss-reactive ketones (excluding diaryl/α,β-unsaturated/α-hetero) is 1. The summed E-state index contributed by atoms with van der Waals surface area (Å²) in [6, 6.07) is 5.55. The number of rotatable bonds is 8. The van der Waals surface area contributed by atoms with Gasteiger partial charge in [0.1, 0.15) is 40.4 Å². The van der Waals surface area contributed by atoms with Gasteiger partial charge in [0.25, 0.3) is 0 Å². The van der Waals surface area contributed by atoms with E-state index in [2.05, 4.69) is 6.58 Å². The van der Waals surface area contributed by atoms with E-state index in [0.29, 0.717) is 16.9 Å². The summed E-state index contributed by atoms with van der Waals surface area (Å²) in [6.45, 7) is 8.81. The number of benzene rings is 2. The number of hydrogen-bond acceptors (Lipinski definition) is 8. The second-order valence-corrected chi connectivity index (χ2v) is 9.41. The third-order valence-electron chi connectivity index (χ3n) is 6.30. The van der Waals surface area contributed by atoms with Crippen molar-refractivity contribution in [3.63, 3.8) is 0 Å². The summed E-state index contributed by atoms with van der Waals surface area (Å²) in [5, 5.41) is 51.3. The number of phenolic OH excluding ortho intramolecular Hbond substituents is 3. The van der Waals surface area contributed by atoms with E-state index in [1.807, 2.05) is 0 Å². The lowest BCUT2D eigenvalue weighted by Crippen LogP contribution is -2.37. The first-order valence-electron chi connectivity index (χ1n) is 11.0. The van der Waals surface area contributed by atoms with Crippen LogP contribution in [0.2, 0.25) is 0 Å². The Kier molecular flexibility index (Phi) is 7.14. The van der Waals surface area contributed by atoms with Crippen LogP contribution in [-0.2, 0) is 6.42 Å². The molecule has 1 aliphatic heterocycles. The highest BCUT2D eigenvalue weighted by Crippen LogP contribution is 2.47. The Labute approximate surface area is 198 Å². The smallest absolute Gasteiger partial charge is 0.174 e. The number of hydrogen-bond donors (Lipinski definition) is 5. The molecule has 0 spiro atoms. The predicted octanol–water partition coefficient (Wildman–Crippen LogP) is 3.78. The molecule has 0 saturated carbocycles. The minimum absolute atomic E-state index is 0.0221. The molecular formula is C26H32O8. The van der Waals surface area contributed by atoms with E-state index in [9.17, 15) is 30.3 Å². The summed E-state index contributed by atoms with van der Waals surface area (Å²) >= 11 is 0. The van der Waals surface area contributed by atoms with E-state index in [1.165, 1.54) is 45.2 Å². The second-order valence-electron chi connectivity index (χ2n) is 9.41. The van der Waals surface area contributed by atoms with Gasteiger partial charge in [-0.25, -0.2) is 0 Å². The predicted molar refractivity (Wildman–Crippen MR) is 126 cm³/mol. The molecule has 0 bridgehead atoms. The second kappa shape index (κ2) is 9.56. The summed E-state index contributed by atoms with van der Waals surface area (Å²) in [6.07, 6.45) is -1.53. The molecule has 184 valence electrons. The number of methoxy groups -OCH3 is 1. The Morgan fingerprint density at radius 3 is 2.50 bits per heavy atom. The number of ether oxygens (including phenoxy) is 2. The van der Waals surface area contributed by atoms with Crippen molar-refractivity contribution in [3.8, 4) is 28.7 Å². The van der Waals surface area contributed by atoms with Crippen molar-refractivity contribution in [2.45, 2.75) is 57.8 Å². The van der Waals surface area contributed by atoms with Crippen molar-refractivity contribution in [3.05, 3.63) is 53.1 Å². The zero-order chi connectivity index (χ0) is 25.4. The molecule has 3 unspecified atom stereocenters. The highest BCUT2D eigenvalue weighted by molar-refractivity contribution is 6.03. The van der Waals surface area contributed by atoms with Crippen molar-refractivity contribution >= 4 is 5.78 Å². The Morgan fingerprint density at radius 2 is 1.94 bits per heavy atom. The average molecular weight is 473 g/mol. The van der Waals surface area contributed by atoms with Crippen LogP contribution in [0, 0.1) is 5.92 Å². The molecule has 1 aliphatic rings. The molecule has 0 aliphatic carbocycles. The van der Waals surface area contributed by atoms with Crippen molar-refractivity contribution in [2.24, 2.45) is 5.92 Å². The number of carbonyl (C=O) groups excluding carboxylic acids is 1. The molecule has 3 atom stereocenters. The maximum Gasteiger partial charge on any atom is 0.174 e. The lowest BCUT2D eigenvalue weighted by atomic mass is 9.83. The molecule has 0 fully saturated rings. The topological polar surface area (TPSA) is 137 Å². The van der Waals surface area contributed by atoms with E-state index < -0.39 is 17.8 Å². The molecule has 34 heavy (non-hydrogen) atoms. The quantitative estimate of drug-likeness (QED) is 0.366. The maximum absolute atomic E-state index is 13.0. The van der Waals surface area contributed by atoms with Crippen LogP contribution in [0.4, 0.5) is 0 Å². The number of aliphatic hydroxyl groups excluding tert-OH is 1. The largest absolute Gasteiger partial charge is 0.508 e. The third kappa shape index (κ3) is 5.13. The van der Waals surface area contributed by atoms with Crippen LogP contribution in [0.25, 0.3) is 0 Å². The van der Waals surface area contributed by atoms with Gasteiger partial charge in [-0.05, 0) is 51.7 Å². The molecule has 3 rings (SSSR count). The fourth-order valence-corrected chi connectivity index (χ4v) is 4.11. The minimum atomic E-state index is -1.31. The van der Waals surface area contributed by atoms with Gasteiger partial charge in [-0.1, -0.05) is 12.2 Å². The van der Waals surface area contributed by atoms with Crippen LogP contribution in [-0.4, -0.2) is 50.1 Å². The summed E-state index contributed by atoms with van der Waals surface area (Å²) in [7, 11) is 1.43. The molecule has 8 nitrogen and oxygen atoms in total. The summed E-state index contributed by atoms with van der Waals surface area (Å²) in [5.41, 5.74) is 0.165. The van der Waals surface area contributed by atoms with Gasteiger partial charge in [0.15, 0.2) is 5.78 Å². The molecule has 2 aromatic carbocycles. The number of allylic oxidation sites excluding steroid dienone is 1. The number of fused-ring (bicyclic) bond motifs is 1. The number of carbonyl (C=O) groups is 1. The van der Waals surface area contributed by atoms with E-state index in [-0.39, 0.29) is 59.5 Å². The molecular weight excluding hydrogens is 440 g/mol. The normalized spacial score (nSPS) is 17.5. The Bertz CT molecular complexity index is 1100. The number of phenols is 3. The Morgan fingerprint density at radius 1 is 1.26 bits per heavy atom. The van der Waals surface area contributed by atoms with E-state index >= 15 is 0 Å². The number of ketones is 1. The monoisotopic (exact) mass is 472 g/mol. The zero-order valence-corrected chi connectivity index (χ0v) is 19.8. The zero-order valence-electron chi connectivity index (χ0n) is 19.8. The van der Waals surface area contributed by atoms with Gasteiger partial charge in [0.05, 0.1) is 25.2 Å². The van der Waals surface area contributed by atoms with Gasteiger partial charge >= 0.3 is 0 Å². The average Bonchev–Trinajstić information content (AvgIpc) is 2.73. The van der Waals surface area contributed by atoms with Gasteiger partial charge < -0.3 is 35.0 Å². The fraction of sp³-hybridized carbons (Fsp3) is 0.423. The Hall–Kier alpha value is -3.23. The number of aromatic hydroxyl groups is 3. The van der Waals surface area contributed by atoms with Crippen molar-refractivity contribution < 1.29 is 39.8 Å². The SMILES string of the molecule is C=C(C)C(Cc1c(OC)cc2c(c1O)C(=O)CC(c1ccc(O)cc1O)O2)CC(O)C(C)(C)O. The molecule has 8 heteroatoms. The molecule has 2 aromatic rings. The van der Waals surface area contributed by atoms with Gasteiger partial charge in [-0.15, -0.1) is 0 Å². The molecule has 0 radical (unpaired) electrons. The van der Waals surface area contributed by atoms with E-state index in [1.54, 1.807) is 6.92 Å². The van der Waals surface area contributed by atoms with Crippen molar-refractivity contribution in [1.82, 2.24) is 0 Å². The minimum Gasteiger partial charge on any atom is -0.508 e. The van der Waals surface area contributed by atoms with Gasteiger partial charge in [-0.3, -0.25) is 4.79 Å². The highest BCUT2D eigenvalue weighted by Gasteiger charge is 2.35. The van der Waals surface area contributed by atoms with Crippen LogP contribution in [0.15, 0.2) is 36.4 Å².